The van der Waals surface area contributed by atoms with E-state index in [0.717, 1.165) is 10.9 Å². The third kappa shape index (κ3) is 4.25. The number of hydrogen-bond donors (Lipinski definition) is 1. The molecule has 0 spiro atoms. The number of nitro groups is 1. The van der Waals surface area contributed by atoms with Crippen LogP contribution in [-0.4, -0.2) is 51.9 Å². The molecule has 174 valence electrons. The second kappa shape index (κ2) is 9.20. The number of amides is 1. The number of aromatic nitrogens is 3. The Morgan fingerprint density at radius 3 is 2.71 bits per heavy atom. The average Bonchev–Trinajstić information content (AvgIpc) is 3.30. The highest BCUT2D eigenvalue weighted by molar-refractivity contribution is 6.05. The predicted molar refractivity (Wildman–Crippen MR) is 128 cm³/mol. The Labute approximate surface area is 199 Å². The third-order valence-electron chi connectivity index (χ3n) is 5.71. The minimum Gasteiger partial charge on any atom is -0.378 e. The minimum absolute atomic E-state index is 0.0804. The molecule has 1 aliphatic heterocycles. The van der Waals surface area contributed by atoms with Crippen LogP contribution >= 0.6 is 0 Å². The van der Waals surface area contributed by atoms with Crippen LogP contribution in [0.5, 0.6) is 0 Å². The lowest BCUT2D eigenvalue weighted by Crippen LogP contribution is -2.36. The molecule has 0 radical (unpaired) electrons. The van der Waals surface area contributed by atoms with Gasteiger partial charge in [0.1, 0.15) is 17.3 Å². The number of hydrogen-bond acceptors (Lipinski definition) is 8. The Kier molecular flexibility index (Phi) is 5.78. The number of para-hydroxylation sites is 1. The second-order valence-electron chi connectivity index (χ2n) is 7.81. The number of pyridine rings is 1. The van der Waals surface area contributed by atoms with Gasteiger partial charge < -0.3 is 15.0 Å². The lowest BCUT2D eigenvalue weighted by atomic mass is 10.1. The van der Waals surface area contributed by atoms with Crippen molar-refractivity contribution < 1.29 is 14.5 Å². The van der Waals surface area contributed by atoms with Crippen molar-refractivity contribution in [3.05, 3.63) is 82.0 Å². The fourth-order valence-electron chi connectivity index (χ4n) is 3.96. The van der Waals surface area contributed by atoms with Gasteiger partial charge in [-0.15, -0.1) is 0 Å². The fourth-order valence-corrected chi connectivity index (χ4v) is 3.96. The van der Waals surface area contributed by atoms with E-state index in [1.54, 1.807) is 12.1 Å². The van der Waals surface area contributed by atoms with Gasteiger partial charge in [-0.25, -0.2) is 4.98 Å². The predicted octanol–water partition coefficient (Wildman–Crippen LogP) is 3.29. The van der Waals surface area contributed by atoms with Crippen LogP contribution < -0.4 is 10.2 Å². The van der Waals surface area contributed by atoms with Crippen LogP contribution in [0, 0.1) is 21.4 Å². The maximum atomic E-state index is 13.1. The smallest absolute Gasteiger partial charge is 0.293 e. The molecule has 0 saturated carbocycles. The van der Waals surface area contributed by atoms with Crippen LogP contribution in [0.25, 0.3) is 16.7 Å². The van der Waals surface area contributed by atoms with Crippen LogP contribution in [0.15, 0.2) is 60.8 Å². The van der Waals surface area contributed by atoms with Gasteiger partial charge in [0, 0.05) is 30.1 Å². The van der Waals surface area contributed by atoms with Crippen LogP contribution in [0.3, 0.4) is 0 Å². The van der Waals surface area contributed by atoms with E-state index in [9.17, 15) is 20.2 Å². The number of benzene rings is 2. The Bertz CT molecular complexity index is 1490. The summed E-state index contributed by atoms with van der Waals surface area (Å²) in [5.74, 6) is -0.0741. The number of nitrogens with one attached hydrogen (secondary N) is 1. The summed E-state index contributed by atoms with van der Waals surface area (Å²) in [5.41, 5.74) is 1.19. The molecule has 0 bridgehead atoms. The second-order valence-corrected chi connectivity index (χ2v) is 7.81. The van der Waals surface area contributed by atoms with E-state index in [2.05, 4.69) is 15.4 Å². The number of nitriles is 1. The van der Waals surface area contributed by atoms with Crippen LogP contribution in [0.4, 0.5) is 17.2 Å². The summed E-state index contributed by atoms with van der Waals surface area (Å²) in [6.07, 6.45) is 1.33. The van der Waals surface area contributed by atoms with E-state index in [0.29, 0.717) is 37.8 Å². The van der Waals surface area contributed by atoms with E-state index < -0.39 is 10.8 Å². The highest BCUT2D eigenvalue weighted by atomic mass is 16.6. The van der Waals surface area contributed by atoms with Gasteiger partial charge in [0.25, 0.3) is 11.6 Å². The molecule has 5 rings (SSSR count). The number of anilines is 2. The maximum absolute atomic E-state index is 13.1. The highest BCUT2D eigenvalue weighted by Crippen LogP contribution is 2.30. The number of fused-ring (bicyclic) bond motifs is 1. The molecular formula is C24H19N7O4. The summed E-state index contributed by atoms with van der Waals surface area (Å²) in [6, 6.07) is 17.5. The summed E-state index contributed by atoms with van der Waals surface area (Å²) in [4.78, 5) is 30.8. The van der Waals surface area contributed by atoms with Gasteiger partial charge in [0.05, 0.1) is 29.9 Å². The van der Waals surface area contributed by atoms with Gasteiger partial charge in [-0.05, 0) is 30.3 Å². The first-order valence-corrected chi connectivity index (χ1v) is 10.8. The van der Waals surface area contributed by atoms with Gasteiger partial charge >= 0.3 is 0 Å². The molecule has 1 N–H and O–H groups in total. The summed E-state index contributed by atoms with van der Waals surface area (Å²) in [5, 5.41) is 29.1. The van der Waals surface area contributed by atoms with E-state index in [1.165, 1.54) is 23.0 Å². The average molecular weight is 469 g/mol. The molecule has 0 unspecified atom stereocenters. The SMILES string of the molecule is N#Cc1cnn(-c2ccc3ccccc3n2)c1NC(=O)c1ccc(N2CCOCC2)c([N+](=O)[O-])c1. The van der Waals surface area contributed by atoms with Crippen LogP contribution in [0.1, 0.15) is 15.9 Å². The van der Waals surface area contributed by atoms with Gasteiger partial charge in [-0.1, -0.05) is 18.2 Å². The van der Waals surface area contributed by atoms with Crippen molar-refractivity contribution in [2.24, 2.45) is 0 Å². The Morgan fingerprint density at radius 1 is 1.14 bits per heavy atom. The lowest BCUT2D eigenvalue weighted by Gasteiger charge is -2.28. The molecule has 3 heterocycles. The zero-order valence-corrected chi connectivity index (χ0v) is 18.4. The standard InChI is InChI=1S/C24H19N7O4/c25-14-18-15-26-30(22-8-6-16-3-1-2-4-19(16)27-22)23(18)28-24(32)17-5-7-20(21(13-17)31(33)34)29-9-11-35-12-10-29/h1-8,13,15H,9-12H2,(H,28,32). The van der Waals surface area contributed by atoms with E-state index >= 15 is 0 Å². The van der Waals surface area contributed by atoms with Gasteiger partial charge in [-0.2, -0.15) is 15.0 Å². The minimum atomic E-state index is -0.610. The fraction of sp³-hybridized carbons (Fsp3) is 0.167. The number of carbonyl (C=O) groups is 1. The molecule has 1 fully saturated rings. The maximum Gasteiger partial charge on any atom is 0.293 e. The van der Waals surface area contributed by atoms with Gasteiger partial charge in [0.2, 0.25) is 0 Å². The first-order valence-electron chi connectivity index (χ1n) is 10.8. The molecule has 0 atom stereocenters. The largest absolute Gasteiger partial charge is 0.378 e. The number of morpholine rings is 1. The van der Waals surface area contributed by atoms with Crippen molar-refractivity contribution in [3.8, 4) is 11.9 Å². The summed E-state index contributed by atoms with van der Waals surface area (Å²) >= 11 is 0. The molecule has 1 saturated heterocycles. The van der Waals surface area contributed by atoms with E-state index in [-0.39, 0.29) is 22.6 Å². The lowest BCUT2D eigenvalue weighted by molar-refractivity contribution is -0.384. The topological polar surface area (TPSA) is 139 Å². The number of rotatable bonds is 5. The van der Waals surface area contributed by atoms with Crippen molar-refractivity contribution in [2.45, 2.75) is 0 Å². The molecule has 2 aromatic heterocycles. The zero-order valence-electron chi connectivity index (χ0n) is 18.4. The summed E-state index contributed by atoms with van der Waals surface area (Å²) < 4.78 is 6.68. The number of carbonyl (C=O) groups excluding carboxylic acids is 1. The van der Waals surface area contributed by atoms with Crippen LogP contribution in [0.2, 0.25) is 0 Å². The normalized spacial score (nSPS) is 13.4. The van der Waals surface area contributed by atoms with Crippen molar-refractivity contribution >= 4 is 34.0 Å². The molecule has 2 aromatic carbocycles. The van der Waals surface area contributed by atoms with E-state index in [1.807, 2.05) is 41.3 Å². The third-order valence-corrected chi connectivity index (χ3v) is 5.71. The number of nitrogens with zero attached hydrogens (tertiary/aromatic N) is 6. The van der Waals surface area contributed by atoms with Gasteiger partial charge in [0.15, 0.2) is 11.6 Å². The van der Waals surface area contributed by atoms with Gasteiger partial charge in [-0.3, -0.25) is 14.9 Å². The number of nitro benzene ring substituents is 1. The monoisotopic (exact) mass is 469 g/mol. The molecule has 11 nitrogen and oxygen atoms in total. The zero-order chi connectivity index (χ0) is 24.4. The highest BCUT2D eigenvalue weighted by Gasteiger charge is 2.24. The Morgan fingerprint density at radius 2 is 1.94 bits per heavy atom. The number of ether oxygens (including phenoxy) is 1. The van der Waals surface area contributed by atoms with E-state index in [4.69, 9.17) is 4.74 Å². The first-order chi connectivity index (χ1) is 17.0. The summed E-state index contributed by atoms with van der Waals surface area (Å²) in [7, 11) is 0. The molecule has 1 aliphatic rings. The molecule has 4 aromatic rings. The Balaban J connectivity index is 1.48. The molecule has 0 aliphatic carbocycles. The van der Waals surface area contributed by atoms with Crippen molar-refractivity contribution in [1.82, 2.24) is 14.8 Å². The summed E-state index contributed by atoms with van der Waals surface area (Å²) in [6.45, 7) is 2.00. The van der Waals surface area contributed by atoms with Crippen molar-refractivity contribution in [2.75, 3.05) is 36.5 Å². The molecule has 1 amide bonds. The van der Waals surface area contributed by atoms with Crippen LogP contribution in [-0.2, 0) is 4.74 Å². The molecule has 35 heavy (non-hydrogen) atoms. The molecule has 11 heteroatoms. The quantitative estimate of drug-likeness (QED) is 0.347. The first kappa shape index (κ1) is 22.0. The van der Waals surface area contributed by atoms with Crippen molar-refractivity contribution in [3.63, 3.8) is 0 Å². The Hall–Kier alpha value is -4.82. The molecular weight excluding hydrogens is 450 g/mol. The van der Waals surface area contributed by atoms with Crippen molar-refractivity contribution in [1.29, 1.82) is 5.26 Å².